The van der Waals surface area contributed by atoms with Gasteiger partial charge < -0.3 is 5.73 Å². The van der Waals surface area contributed by atoms with Crippen molar-refractivity contribution < 1.29 is 0 Å². The summed E-state index contributed by atoms with van der Waals surface area (Å²) in [5, 5.41) is 0. The Morgan fingerprint density at radius 3 is 2.63 bits per heavy atom. The SMILES string of the molecule is Cn1c(N)c(C2=NCCC2)c(=O)n1-c1ccccc1. The Balaban J connectivity index is 2.23. The van der Waals surface area contributed by atoms with Crippen LogP contribution < -0.4 is 11.3 Å². The second-order valence-corrected chi connectivity index (χ2v) is 4.67. The number of nitrogen functional groups attached to an aromatic ring is 1. The number of para-hydroxylation sites is 1. The average Bonchev–Trinajstić information content (AvgIpc) is 3.00. The van der Waals surface area contributed by atoms with Crippen LogP contribution in [0.1, 0.15) is 18.4 Å². The zero-order valence-corrected chi connectivity index (χ0v) is 10.8. The van der Waals surface area contributed by atoms with Gasteiger partial charge in [0.25, 0.3) is 5.56 Å². The average molecular weight is 256 g/mol. The van der Waals surface area contributed by atoms with Gasteiger partial charge in [0.05, 0.1) is 11.4 Å². The van der Waals surface area contributed by atoms with Gasteiger partial charge in [-0.25, -0.2) is 4.68 Å². The van der Waals surface area contributed by atoms with Crippen molar-refractivity contribution in [1.82, 2.24) is 9.36 Å². The summed E-state index contributed by atoms with van der Waals surface area (Å²) in [7, 11) is 1.79. The molecule has 0 amide bonds. The molecule has 0 radical (unpaired) electrons. The number of aliphatic imine (C=N–C) groups is 1. The third kappa shape index (κ3) is 1.78. The summed E-state index contributed by atoms with van der Waals surface area (Å²) in [4.78, 5) is 17.0. The van der Waals surface area contributed by atoms with Crippen molar-refractivity contribution in [3.63, 3.8) is 0 Å². The van der Waals surface area contributed by atoms with E-state index in [-0.39, 0.29) is 5.56 Å². The van der Waals surface area contributed by atoms with E-state index in [0.717, 1.165) is 30.8 Å². The first-order chi connectivity index (χ1) is 9.20. The van der Waals surface area contributed by atoms with E-state index in [9.17, 15) is 4.79 Å². The Morgan fingerprint density at radius 2 is 2.00 bits per heavy atom. The van der Waals surface area contributed by atoms with E-state index < -0.39 is 0 Å². The summed E-state index contributed by atoms with van der Waals surface area (Å²) in [6.45, 7) is 0.786. The summed E-state index contributed by atoms with van der Waals surface area (Å²) >= 11 is 0. The molecule has 0 saturated carbocycles. The number of rotatable bonds is 2. The van der Waals surface area contributed by atoms with E-state index in [4.69, 9.17) is 5.73 Å². The van der Waals surface area contributed by atoms with E-state index in [1.54, 1.807) is 16.4 Å². The van der Waals surface area contributed by atoms with Crippen LogP contribution in [0.2, 0.25) is 0 Å². The predicted molar refractivity (Wildman–Crippen MR) is 76.1 cm³/mol. The molecule has 2 aromatic rings. The van der Waals surface area contributed by atoms with E-state index in [1.807, 2.05) is 30.3 Å². The van der Waals surface area contributed by atoms with Crippen molar-refractivity contribution >= 4 is 11.5 Å². The quantitative estimate of drug-likeness (QED) is 0.881. The lowest BCUT2D eigenvalue weighted by atomic mass is 10.1. The summed E-state index contributed by atoms with van der Waals surface area (Å²) in [6, 6.07) is 9.50. The number of nitrogens with two attached hydrogens (primary N) is 1. The molecule has 0 aliphatic carbocycles. The first-order valence-corrected chi connectivity index (χ1v) is 6.36. The fraction of sp³-hybridized carbons (Fsp3) is 0.286. The fourth-order valence-corrected chi connectivity index (χ4v) is 2.50. The molecule has 0 saturated heterocycles. The van der Waals surface area contributed by atoms with Crippen molar-refractivity contribution in [2.24, 2.45) is 12.0 Å². The van der Waals surface area contributed by atoms with Gasteiger partial charge in [-0.3, -0.25) is 14.5 Å². The smallest absolute Gasteiger partial charge is 0.282 e. The standard InChI is InChI=1S/C14H16N4O/c1-17-13(15)12(11-8-5-9-16-11)14(19)18(17)10-6-3-2-4-7-10/h2-4,6-7H,5,8-9,15H2,1H3. The van der Waals surface area contributed by atoms with Crippen LogP contribution in [0.15, 0.2) is 40.1 Å². The van der Waals surface area contributed by atoms with Crippen LogP contribution in [0.4, 0.5) is 5.82 Å². The van der Waals surface area contributed by atoms with Crippen LogP contribution in [0.3, 0.4) is 0 Å². The minimum atomic E-state index is -0.0909. The van der Waals surface area contributed by atoms with Gasteiger partial charge in [0.15, 0.2) is 0 Å². The van der Waals surface area contributed by atoms with Gasteiger partial charge in [-0.05, 0) is 25.0 Å². The highest BCUT2D eigenvalue weighted by Crippen LogP contribution is 2.18. The van der Waals surface area contributed by atoms with E-state index in [0.29, 0.717) is 11.4 Å². The molecule has 2 heterocycles. The van der Waals surface area contributed by atoms with Crippen molar-refractivity contribution in [1.29, 1.82) is 0 Å². The predicted octanol–water partition coefficient (Wildman–Crippen LogP) is 1.34. The Morgan fingerprint density at radius 1 is 1.26 bits per heavy atom. The molecule has 0 atom stereocenters. The van der Waals surface area contributed by atoms with Crippen molar-refractivity contribution in [2.45, 2.75) is 12.8 Å². The van der Waals surface area contributed by atoms with E-state index in [2.05, 4.69) is 4.99 Å². The molecule has 1 aliphatic heterocycles. The lowest BCUT2D eigenvalue weighted by Gasteiger charge is -2.07. The third-order valence-electron chi connectivity index (χ3n) is 3.47. The van der Waals surface area contributed by atoms with Gasteiger partial charge in [0.2, 0.25) is 0 Å². The van der Waals surface area contributed by atoms with Crippen LogP contribution in [-0.2, 0) is 7.05 Å². The summed E-state index contributed by atoms with van der Waals surface area (Å²) < 4.78 is 3.28. The molecular weight excluding hydrogens is 240 g/mol. The molecule has 19 heavy (non-hydrogen) atoms. The van der Waals surface area contributed by atoms with Gasteiger partial charge >= 0.3 is 0 Å². The van der Waals surface area contributed by atoms with Crippen LogP contribution in [0.25, 0.3) is 5.69 Å². The topological polar surface area (TPSA) is 65.3 Å². The van der Waals surface area contributed by atoms with Gasteiger partial charge in [-0.2, -0.15) is 0 Å². The van der Waals surface area contributed by atoms with E-state index >= 15 is 0 Å². The second kappa shape index (κ2) is 4.42. The highest BCUT2D eigenvalue weighted by Gasteiger charge is 2.22. The van der Waals surface area contributed by atoms with Crippen LogP contribution in [0, 0.1) is 0 Å². The molecule has 0 fully saturated rings. The summed E-state index contributed by atoms with van der Waals surface area (Å²) in [5.74, 6) is 0.481. The Labute approximate surface area is 111 Å². The lowest BCUT2D eigenvalue weighted by molar-refractivity contribution is 0.654. The Kier molecular flexibility index (Phi) is 2.74. The molecule has 5 nitrogen and oxygen atoms in total. The fourth-order valence-electron chi connectivity index (χ4n) is 2.50. The first-order valence-electron chi connectivity index (χ1n) is 6.36. The number of anilines is 1. The number of aromatic nitrogens is 2. The van der Waals surface area contributed by atoms with Crippen LogP contribution in [-0.4, -0.2) is 21.6 Å². The number of hydrogen-bond acceptors (Lipinski definition) is 3. The molecule has 1 aromatic carbocycles. The molecular formula is C14H16N4O. The van der Waals surface area contributed by atoms with E-state index in [1.165, 1.54) is 0 Å². The maximum atomic E-state index is 12.6. The molecule has 2 N–H and O–H groups in total. The number of benzene rings is 1. The second-order valence-electron chi connectivity index (χ2n) is 4.67. The van der Waals surface area contributed by atoms with Gasteiger partial charge in [0, 0.05) is 13.6 Å². The van der Waals surface area contributed by atoms with Crippen molar-refractivity contribution in [3.8, 4) is 5.69 Å². The third-order valence-corrected chi connectivity index (χ3v) is 3.47. The maximum Gasteiger partial charge on any atom is 0.282 e. The van der Waals surface area contributed by atoms with Crippen molar-refractivity contribution in [2.75, 3.05) is 12.3 Å². The molecule has 98 valence electrons. The number of nitrogens with zero attached hydrogens (tertiary/aromatic N) is 3. The molecule has 0 bridgehead atoms. The van der Waals surface area contributed by atoms with Crippen LogP contribution in [0.5, 0.6) is 0 Å². The van der Waals surface area contributed by atoms with Gasteiger partial charge in [0.1, 0.15) is 11.4 Å². The van der Waals surface area contributed by atoms with Crippen molar-refractivity contribution in [3.05, 3.63) is 46.2 Å². The highest BCUT2D eigenvalue weighted by molar-refractivity contribution is 6.04. The zero-order chi connectivity index (χ0) is 13.4. The first kappa shape index (κ1) is 11.8. The number of hydrogen-bond donors (Lipinski definition) is 1. The molecule has 5 heteroatoms. The molecule has 0 spiro atoms. The minimum absolute atomic E-state index is 0.0909. The molecule has 1 aromatic heterocycles. The minimum Gasteiger partial charge on any atom is -0.383 e. The summed E-state index contributed by atoms with van der Waals surface area (Å²) in [5.41, 5.74) is 8.20. The zero-order valence-electron chi connectivity index (χ0n) is 10.8. The monoisotopic (exact) mass is 256 g/mol. The molecule has 3 rings (SSSR count). The summed E-state index contributed by atoms with van der Waals surface area (Å²) in [6.07, 6.45) is 1.83. The van der Waals surface area contributed by atoms with Gasteiger partial charge in [-0.1, -0.05) is 18.2 Å². The largest absolute Gasteiger partial charge is 0.383 e. The Bertz CT molecular complexity index is 694. The Hall–Kier alpha value is -2.30. The van der Waals surface area contributed by atoms with Crippen LogP contribution >= 0.6 is 0 Å². The van der Waals surface area contributed by atoms with Gasteiger partial charge in [-0.15, -0.1) is 0 Å². The maximum absolute atomic E-state index is 12.6. The lowest BCUT2D eigenvalue weighted by Crippen LogP contribution is -2.22. The molecule has 1 aliphatic rings. The normalized spacial score (nSPS) is 14.7. The molecule has 0 unspecified atom stereocenters. The highest BCUT2D eigenvalue weighted by atomic mass is 16.1.